The molecule has 0 spiro atoms. The number of aldehydes is 1. The molecule has 0 bridgehead atoms. The third kappa shape index (κ3) is 7.73. The Kier molecular flexibility index (Phi) is 8.13. The van der Waals surface area contributed by atoms with Gasteiger partial charge in [-0.05, 0) is 6.42 Å². The van der Waals surface area contributed by atoms with Crippen molar-refractivity contribution in [3.8, 4) is 0 Å². The van der Waals surface area contributed by atoms with Gasteiger partial charge in [0, 0.05) is 13.0 Å². The van der Waals surface area contributed by atoms with Gasteiger partial charge in [-0.25, -0.2) is 0 Å². The third-order valence-electron chi connectivity index (χ3n) is 1.95. The summed E-state index contributed by atoms with van der Waals surface area (Å²) in [5.41, 5.74) is 5.30. The van der Waals surface area contributed by atoms with Crippen LogP contribution in [0, 0.1) is 0 Å². The van der Waals surface area contributed by atoms with Gasteiger partial charge in [-0.1, -0.05) is 26.2 Å². The highest BCUT2D eigenvalue weighted by Crippen LogP contribution is 1.97. The Labute approximate surface area is 85.2 Å². The first-order valence-corrected chi connectivity index (χ1v) is 5.18. The summed E-state index contributed by atoms with van der Waals surface area (Å²) in [5, 5.41) is 2.73. The van der Waals surface area contributed by atoms with E-state index in [1.54, 1.807) is 0 Å². The third-order valence-corrected chi connectivity index (χ3v) is 1.95. The van der Waals surface area contributed by atoms with E-state index in [0.29, 0.717) is 12.8 Å². The second-order valence-corrected chi connectivity index (χ2v) is 3.41. The van der Waals surface area contributed by atoms with E-state index >= 15 is 0 Å². The van der Waals surface area contributed by atoms with Gasteiger partial charge in [0.25, 0.3) is 0 Å². The number of hydrogen-bond acceptors (Lipinski definition) is 3. The molecule has 82 valence electrons. The van der Waals surface area contributed by atoms with Gasteiger partial charge in [-0.15, -0.1) is 0 Å². The summed E-state index contributed by atoms with van der Waals surface area (Å²) in [7, 11) is 0. The zero-order chi connectivity index (χ0) is 10.8. The molecule has 0 unspecified atom stereocenters. The number of rotatable bonds is 8. The van der Waals surface area contributed by atoms with E-state index in [2.05, 4.69) is 12.2 Å². The quantitative estimate of drug-likeness (QED) is 0.445. The zero-order valence-electron chi connectivity index (χ0n) is 8.79. The van der Waals surface area contributed by atoms with Crippen LogP contribution in [0.3, 0.4) is 0 Å². The molecule has 0 aliphatic rings. The second-order valence-electron chi connectivity index (χ2n) is 3.41. The number of nitrogens with one attached hydrogen (secondary N) is 1. The number of carbonyl (C=O) groups is 2. The Morgan fingerprint density at radius 3 is 2.71 bits per heavy atom. The minimum atomic E-state index is -0.661. The lowest BCUT2D eigenvalue weighted by Gasteiger charge is -2.05. The molecule has 4 nitrogen and oxygen atoms in total. The zero-order valence-corrected chi connectivity index (χ0v) is 8.79. The maximum Gasteiger partial charge on any atom is 0.222 e. The molecule has 0 heterocycles. The van der Waals surface area contributed by atoms with Crippen molar-refractivity contribution in [1.82, 2.24) is 5.32 Å². The minimum absolute atomic E-state index is 0.0945. The molecule has 0 aromatic rings. The number of carbonyl (C=O) groups excluding carboxylic acids is 2. The lowest BCUT2D eigenvalue weighted by molar-refractivity contribution is -0.123. The lowest BCUT2D eigenvalue weighted by atomic mass is 10.2. The molecule has 1 amide bonds. The largest absolute Gasteiger partial charge is 0.356 e. The Balaban J connectivity index is 3.31. The summed E-state index contributed by atoms with van der Waals surface area (Å²) < 4.78 is 0. The topological polar surface area (TPSA) is 72.2 Å². The highest BCUT2D eigenvalue weighted by atomic mass is 16.1. The van der Waals surface area contributed by atoms with E-state index in [1.165, 1.54) is 12.8 Å². The van der Waals surface area contributed by atoms with Crippen LogP contribution in [0.1, 0.15) is 39.0 Å². The van der Waals surface area contributed by atoms with Crippen LogP contribution in [0.4, 0.5) is 0 Å². The fourth-order valence-electron chi connectivity index (χ4n) is 1.11. The molecule has 0 saturated heterocycles. The molecule has 0 fully saturated rings. The molecule has 1 atom stereocenters. The average Bonchev–Trinajstić information content (AvgIpc) is 2.17. The molecule has 0 saturated carbocycles. The van der Waals surface area contributed by atoms with Crippen molar-refractivity contribution in [3.05, 3.63) is 0 Å². The maximum atomic E-state index is 11.1. The molecular weight excluding hydrogens is 180 g/mol. The summed E-state index contributed by atoms with van der Waals surface area (Å²) in [6, 6.07) is -0.661. The van der Waals surface area contributed by atoms with E-state index in [-0.39, 0.29) is 12.3 Å². The van der Waals surface area contributed by atoms with Crippen LogP contribution in [0.5, 0.6) is 0 Å². The fourth-order valence-corrected chi connectivity index (χ4v) is 1.11. The Morgan fingerprint density at radius 1 is 1.43 bits per heavy atom. The summed E-state index contributed by atoms with van der Waals surface area (Å²) in [6.45, 7) is 2.83. The van der Waals surface area contributed by atoms with Crippen molar-refractivity contribution in [3.63, 3.8) is 0 Å². The van der Waals surface area contributed by atoms with Crippen LogP contribution in [-0.4, -0.2) is 24.8 Å². The highest BCUT2D eigenvalue weighted by molar-refractivity contribution is 5.80. The molecule has 3 N–H and O–H groups in total. The molecule has 0 rings (SSSR count). The summed E-state index contributed by atoms with van der Waals surface area (Å²) >= 11 is 0. The first-order valence-electron chi connectivity index (χ1n) is 5.18. The van der Waals surface area contributed by atoms with E-state index in [0.717, 1.165) is 12.8 Å². The van der Waals surface area contributed by atoms with Crippen LogP contribution in [0.25, 0.3) is 0 Å². The molecule has 14 heavy (non-hydrogen) atoms. The summed E-state index contributed by atoms with van der Waals surface area (Å²) in [4.78, 5) is 21.2. The van der Waals surface area contributed by atoms with Gasteiger partial charge < -0.3 is 15.8 Å². The number of unbranched alkanes of at least 4 members (excludes halogenated alkanes) is 3. The van der Waals surface area contributed by atoms with Gasteiger partial charge in [-0.3, -0.25) is 4.79 Å². The molecule has 0 aliphatic carbocycles. The van der Waals surface area contributed by atoms with Gasteiger partial charge in [0.15, 0.2) is 0 Å². The van der Waals surface area contributed by atoms with E-state index in [4.69, 9.17) is 5.73 Å². The molecule has 0 aromatic carbocycles. The van der Waals surface area contributed by atoms with Gasteiger partial charge in [0.2, 0.25) is 5.91 Å². The minimum Gasteiger partial charge on any atom is -0.356 e. The van der Waals surface area contributed by atoms with Crippen molar-refractivity contribution in [1.29, 1.82) is 0 Å². The van der Waals surface area contributed by atoms with Crippen LogP contribution in [-0.2, 0) is 9.59 Å². The Hall–Kier alpha value is -0.900. The molecular formula is C10H20N2O2. The fraction of sp³-hybridized carbons (Fsp3) is 0.800. The second kappa shape index (κ2) is 8.69. The molecule has 4 heteroatoms. The normalized spacial score (nSPS) is 12.1. The van der Waals surface area contributed by atoms with E-state index in [9.17, 15) is 9.59 Å². The maximum absolute atomic E-state index is 11.1. The van der Waals surface area contributed by atoms with Crippen molar-refractivity contribution in [2.45, 2.75) is 45.1 Å². The van der Waals surface area contributed by atoms with Gasteiger partial charge in [0.1, 0.15) is 6.29 Å². The number of nitrogens with two attached hydrogens (primary N) is 1. The predicted octanol–water partition coefficient (Wildman–Crippen LogP) is 0.599. The monoisotopic (exact) mass is 200 g/mol. The van der Waals surface area contributed by atoms with Crippen molar-refractivity contribution >= 4 is 12.2 Å². The predicted molar refractivity (Wildman–Crippen MR) is 55.8 cm³/mol. The Morgan fingerprint density at radius 2 is 2.14 bits per heavy atom. The highest BCUT2D eigenvalue weighted by Gasteiger charge is 2.06. The van der Waals surface area contributed by atoms with Gasteiger partial charge in [0.05, 0.1) is 6.04 Å². The van der Waals surface area contributed by atoms with Crippen LogP contribution >= 0.6 is 0 Å². The standard InChI is InChI=1S/C10H20N2O2/c1-2-3-4-5-6-12-10(14)7-9(11)8-13/h8-9H,2-7,11H2,1H3,(H,12,14)/t9-/m0/s1. The van der Waals surface area contributed by atoms with Crippen molar-refractivity contribution in [2.24, 2.45) is 5.73 Å². The average molecular weight is 200 g/mol. The summed E-state index contributed by atoms with van der Waals surface area (Å²) in [6.07, 6.45) is 5.20. The van der Waals surface area contributed by atoms with E-state index < -0.39 is 6.04 Å². The van der Waals surface area contributed by atoms with E-state index in [1.807, 2.05) is 0 Å². The van der Waals surface area contributed by atoms with Gasteiger partial charge in [-0.2, -0.15) is 0 Å². The van der Waals surface area contributed by atoms with Crippen LogP contribution < -0.4 is 11.1 Å². The molecule has 0 aromatic heterocycles. The first-order chi connectivity index (χ1) is 6.70. The van der Waals surface area contributed by atoms with Crippen LogP contribution in [0.2, 0.25) is 0 Å². The smallest absolute Gasteiger partial charge is 0.222 e. The summed E-state index contributed by atoms with van der Waals surface area (Å²) in [5.74, 6) is -0.138. The van der Waals surface area contributed by atoms with Crippen LogP contribution in [0.15, 0.2) is 0 Å². The lowest BCUT2D eigenvalue weighted by Crippen LogP contribution is -2.32. The number of hydrogen-bond donors (Lipinski definition) is 2. The molecule has 0 aliphatic heterocycles. The first kappa shape index (κ1) is 13.1. The molecule has 0 radical (unpaired) electrons. The number of amides is 1. The van der Waals surface area contributed by atoms with Gasteiger partial charge >= 0.3 is 0 Å². The van der Waals surface area contributed by atoms with Crippen molar-refractivity contribution < 1.29 is 9.59 Å². The SMILES string of the molecule is CCCCCCNC(=O)C[C@H](N)C=O. The van der Waals surface area contributed by atoms with Crippen molar-refractivity contribution in [2.75, 3.05) is 6.54 Å². The Bertz CT molecular complexity index is 172.